The van der Waals surface area contributed by atoms with Crippen molar-refractivity contribution >= 4 is 51.3 Å². The molecule has 0 radical (unpaired) electrons. The molecule has 1 fully saturated rings. The van der Waals surface area contributed by atoms with E-state index in [0.29, 0.717) is 30.4 Å². The number of aliphatic carboxylic acids is 1. The van der Waals surface area contributed by atoms with Crippen LogP contribution in [0.5, 0.6) is 0 Å². The summed E-state index contributed by atoms with van der Waals surface area (Å²) in [6.45, 7) is 3.28. The van der Waals surface area contributed by atoms with Gasteiger partial charge in [-0.15, -0.1) is 23.7 Å². The molecule has 2 rings (SSSR count). The van der Waals surface area contributed by atoms with E-state index in [2.05, 4.69) is 4.90 Å². The van der Waals surface area contributed by atoms with Gasteiger partial charge < -0.3 is 10.0 Å². The Morgan fingerprint density at radius 1 is 1.21 bits per heavy atom. The van der Waals surface area contributed by atoms with E-state index >= 15 is 0 Å². The zero-order valence-corrected chi connectivity index (χ0v) is 16.4. The highest BCUT2D eigenvalue weighted by Gasteiger charge is 2.28. The number of hydrogen-bond donors (Lipinski definition) is 1. The highest BCUT2D eigenvalue weighted by atomic mass is 35.5. The van der Waals surface area contributed by atoms with E-state index in [1.165, 1.54) is 4.31 Å². The fraction of sp³-hybridized carbons (Fsp3) is 0.643. The zero-order valence-electron chi connectivity index (χ0n) is 13.2. The summed E-state index contributed by atoms with van der Waals surface area (Å²) in [5.41, 5.74) is 0. The molecule has 1 aliphatic heterocycles. The SMILES string of the molecule is Cl.O=C(O)CCCCN1CCCN(S(=O)(=O)c2ccc(Cl)s2)CC1. The second-order valence-electron chi connectivity index (χ2n) is 5.51. The van der Waals surface area contributed by atoms with E-state index in [1.54, 1.807) is 12.1 Å². The van der Waals surface area contributed by atoms with Crippen LogP contribution in [0.3, 0.4) is 0 Å². The highest BCUT2D eigenvalue weighted by molar-refractivity contribution is 7.91. The molecule has 1 aromatic rings. The van der Waals surface area contributed by atoms with Crippen LogP contribution in [0.2, 0.25) is 4.34 Å². The van der Waals surface area contributed by atoms with Crippen LogP contribution in [0.15, 0.2) is 16.3 Å². The first-order chi connectivity index (χ1) is 10.9. The molecule has 0 unspecified atom stereocenters. The van der Waals surface area contributed by atoms with Gasteiger partial charge in [-0.1, -0.05) is 11.6 Å². The van der Waals surface area contributed by atoms with Gasteiger partial charge in [-0.25, -0.2) is 8.42 Å². The average molecular weight is 417 g/mol. The molecule has 1 aliphatic rings. The third-order valence-electron chi connectivity index (χ3n) is 3.81. The molecular formula is C14H22Cl2N2O4S2. The van der Waals surface area contributed by atoms with Gasteiger partial charge in [0.15, 0.2) is 0 Å². The molecule has 24 heavy (non-hydrogen) atoms. The summed E-state index contributed by atoms with van der Waals surface area (Å²) in [6.07, 6.45) is 2.44. The van der Waals surface area contributed by atoms with Crippen molar-refractivity contribution in [2.75, 3.05) is 32.7 Å². The van der Waals surface area contributed by atoms with E-state index in [-0.39, 0.29) is 23.0 Å². The fourth-order valence-electron chi connectivity index (χ4n) is 2.59. The van der Waals surface area contributed by atoms with Crippen LogP contribution in [-0.2, 0) is 14.8 Å². The molecule has 1 aromatic heterocycles. The van der Waals surface area contributed by atoms with Gasteiger partial charge in [0.2, 0.25) is 0 Å². The highest BCUT2D eigenvalue weighted by Crippen LogP contribution is 2.28. The van der Waals surface area contributed by atoms with Gasteiger partial charge in [-0.3, -0.25) is 4.79 Å². The summed E-state index contributed by atoms with van der Waals surface area (Å²) in [7, 11) is -3.46. The quantitative estimate of drug-likeness (QED) is 0.691. The second kappa shape index (κ2) is 9.94. The molecule has 1 saturated heterocycles. The number of hydrogen-bond acceptors (Lipinski definition) is 5. The lowest BCUT2D eigenvalue weighted by atomic mass is 10.2. The number of carboxylic acids is 1. The van der Waals surface area contributed by atoms with E-state index in [0.717, 1.165) is 37.3 Å². The second-order valence-corrected chi connectivity index (χ2v) is 9.39. The first kappa shape index (κ1) is 21.7. The van der Waals surface area contributed by atoms with E-state index < -0.39 is 16.0 Å². The Morgan fingerprint density at radius 3 is 2.58 bits per heavy atom. The maximum atomic E-state index is 12.6. The Morgan fingerprint density at radius 2 is 1.96 bits per heavy atom. The molecule has 1 N–H and O–H groups in total. The average Bonchev–Trinajstić information content (AvgIpc) is 2.79. The van der Waals surface area contributed by atoms with Crippen LogP contribution < -0.4 is 0 Å². The minimum Gasteiger partial charge on any atom is -0.481 e. The predicted octanol–water partition coefficient (Wildman–Crippen LogP) is 2.77. The molecule has 0 spiro atoms. The lowest BCUT2D eigenvalue weighted by Crippen LogP contribution is -2.35. The summed E-state index contributed by atoms with van der Waals surface area (Å²) < 4.78 is 27.5. The van der Waals surface area contributed by atoms with Gasteiger partial charge >= 0.3 is 5.97 Å². The zero-order chi connectivity index (χ0) is 16.9. The maximum absolute atomic E-state index is 12.6. The first-order valence-electron chi connectivity index (χ1n) is 7.59. The number of carbonyl (C=O) groups is 1. The molecule has 6 nitrogen and oxygen atoms in total. The Labute approximate surface area is 157 Å². The maximum Gasteiger partial charge on any atom is 0.303 e. The number of thiophene rings is 1. The van der Waals surface area contributed by atoms with Crippen LogP contribution in [0, 0.1) is 0 Å². The molecule has 0 atom stereocenters. The summed E-state index contributed by atoms with van der Waals surface area (Å²) in [4.78, 5) is 12.7. The normalized spacial score (nSPS) is 17.2. The van der Waals surface area contributed by atoms with Crippen LogP contribution in [0.1, 0.15) is 25.7 Å². The van der Waals surface area contributed by atoms with Crippen molar-refractivity contribution in [1.82, 2.24) is 9.21 Å². The summed E-state index contributed by atoms with van der Waals surface area (Å²) in [5, 5.41) is 8.63. The van der Waals surface area contributed by atoms with Crippen molar-refractivity contribution < 1.29 is 18.3 Å². The smallest absolute Gasteiger partial charge is 0.303 e. The van der Waals surface area contributed by atoms with Gasteiger partial charge in [-0.05, 0) is 44.5 Å². The van der Waals surface area contributed by atoms with Gasteiger partial charge in [0, 0.05) is 26.1 Å². The number of sulfonamides is 1. The number of nitrogens with zero attached hydrogens (tertiary/aromatic N) is 2. The van der Waals surface area contributed by atoms with Crippen LogP contribution in [-0.4, -0.2) is 61.4 Å². The van der Waals surface area contributed by atoms with Crippen molar-refractivity contribution in [2.24, 2.45) is 0 Å². The number of halogens is 2. The van der Waals surface area contributed by atoms with E-state index in [9.17, 15) is 13.2 Å². The van der Waals surface area contributed by atoms with Crippen molar-refractivity contribution in [3.63, 3.8) is 0 Å². The molecule has 0 bridgehead atoms. The van der Waals surface area contributed by atoms with Gasteiger partial charge in [0.1, 0.15) is 4.21 Å². The minimum atomic E-state index is -3.46. The van der Waals surface area contributed by atoms with Gasteiger partial charge in [-0.2, -0.15) is 4.31 Å². The Hall–Kier alpha value is -0.380. The number of unbranched alkanes of at least 4 members (excludes halogenated alkanes) is 1. The molecular weight excluding hydrogens is 395 g/mol. The molecule has 0 amide bonds. The van der Waals surface area contributed by atoms with Crippen LogP contribution in [0.25, 0.3) is 0 Å². The van der Waals surface area contributed by atoms with Gasteiger partial charge in [0.05, 0.1) is 4.34 Å². The molecule has 0 saturated carbocycles. The standard InChI is InChI=1S/C14H21ClN2O4S2.ClH/c15-12-5-6-14(22-12)23(20,21)17-9-3-8-16(10-11-17)7-2-1-4-13(18)19;/h5-6H,1-4,7-11H2,(H,18,19);1H. The third kappa shape index (κ3) is 6.16. The minimum absolute atomic E-state index is 0. The topological polar surface area (TPSA) is 77.9 Å². The Balaban J connectivity index is 0.00000288. The lowest BCUT2D eigenvalue weighted by molar-refractivity contribution is -0.137. The van der Waals surface area contributed by atoms with Crippen molar-refractivity contribution in [2.45, 2.75) is 29.9 Å². The largest absolute Gasteiger partial charge is 0.481 e. The van der Waals surface area contributed by atoms with Crippen LogP contribution >= 0.6 is 35.3 Å². The fourth-order valence-corrected chi connectivity index (χ4v) is 5.69. The molecule has 10 heteroatoms. The molecule has 0 aromatic carbocycles. The summed E-state index contributed by atoms with van der Waals surface area (Å²) in [5.74, 6) is -0.771. The lowest BCUT2D eigenvalue weighted by Gasteiger charge is -2.21. The Kier molecular flexibility index (Phi) is 8.97. The molecule has 0 aliphatic carbocycles. The Bertz CT molecular complexity index is 636. The molecule has 2 heterocycles. The predicted molar refractivity (Wildman–Crippen MR) is 97.9 cm³/mol. The third-order valence-corrected chi connectivity index (χ3v) is 7.40. The van der Waals surface area contributed by atoms with Crippen molar-refractivity contribution in [3.8, 4) is 0 Å². The van der Waals surface area contributed by atoms with E-state index in [1.807, 2.05) is 0 Å². The van der Waals surface area contributed by atoms with Gasteiger partial charge in [0.25, 0.3) is 10.0 Å². The molecule has 138 valence electrons. The summed E-state index contributed by atoms with van der Waals surface area (Å²) >= 11 is 6.92. The monoisotopic (exact) mass is 416 g/mol. The number of rotatable bonds is 7. The van der Waals surface area contributed by atoms with Crippen molar-refractivity contribution in [1.29, 1.82) is 0 Å². The first-order valence-corrected chi connectivity index (χ1v) is 10.2. The summed E-state index contributed by atoms with van der Waals surface area (Å²) in [6, 6.07) is 3.16. The van der Waals surface area contributed by atoms with Crippen LogP contribution in [0.4, 0.5) is 0 Å². The number of carboxylic acid groups (broad SMARTS) is 1. The van der Waals surface area contributed by atoms with Crippen molar-refractivity contribution in [3.05, 3.63) is 16.5 Å². The van der Waals surface area contributed by atoms with E-state index in [4.69, 9.17) is 16.7 Å².